The van der Waals surface area contributed by atoms with Gasteiger partial charge in [0.05, 0.1) is 5.54 Å². The highest BCUT2D eigenvalue weighted by molar-refractivity contribution is 5.84. The maximum absolute atomic E-state index is 14.6. The van der Waals surface area contributed by atoms with Gasteiger partial charge in [0.2, 0.25) is 5.91 Å². The Labute approximate surface area is 177 Å². The lowest BCUT2D eigenvalue weighted by Gasteiger charge is -2.42. The monoisotopic (exact) mass is 405 g/mol. The van der Waals surface area contributed by atoms with Gasteiger partial charge in [-0.15, -0.1) is 6.58 Å². The van der Waals surface area contributed by atoms with E-state index < -0.39 is 5.54 Å². The molecule has 4 nitrogen and oxygen atoms in total. The van der Waals surface area contributed by atoms with Gasteiger partial charge >= 0.3 is 0 Å². The number of piperidine rings is 1. The summed E-state index contributed by atoms with van der Waals surface area (Å²) >= 11 is 0. The minimum atomic E-state index is -0.648. The van der Waals surface area contributed by atoms with E-state index in [1.807, 2.05) is 12.1 Å². The van der Waals surface area contributed by atoms with Crippen molar-refractivity contribution in [1.29, 1.82) is 0 Å². The molecule has 2 heterocycles. The van der Waals surface area contributed by atoms with Crippen LogP contribution in [0, 0.1) is 5.82 Å². The number of para-hydroxylation sites is 1. The number of aromatic nitrogens is 1. The molecule has 0 unspecified atom stereocenters. The number of fused-ring (bicyclic) bond motifs is 1. The van der Waals surface area contributed by atoms with E-state index in [1.54, 1.807) is 12.1 Å². The minimum absolute atomic E-state index is 0.126. The van der Waals surface area contributed by atoms with Gasteiger partial charge in [0.15, 0.2) is 0 Å². The van der Waals surface area contributed by atoms with Crippen LogP contribution in [-0.2, 0) is 23.4 Å². The van der Waals surface area contributed by atoms with E-state index in [9.17, 15) is 9.18 Å². The molecule has 1 aliphatic heterocycles. The van der Waals surface area contributed by atoms with E-state index in [1.165, 1.54) is 29.5 Å². The molecule has 1 saturated heterocycles. The van der Waals surface area contributed by atoms with Gasteiger partial charge < -0.3 is 9.88 Å². The van der Waals surface area contributed by atoms with E-state index in [2.05, 4.69) is 51.8 Å². The zero-order valence-electron chi connectivity index (χ0n) is 17.4. The van der Waals surface area contributed by atoms with Crippen molar-refractivity contribution in [3.63, 3.8) is 0 Å². The fraction of sp³-hybridized carbons (Fsp3) is 0.320. The topological polar surface area (TPSA) is 37.3 Å². The SMILES string of the molecule is C=CCn1cc(CN2CCC(NC(C)=O)(c3ccccc3F)CC2)c2ccccc21. The molecule has 0 aliphatic carbocycles. The van der Waals surface area contributed by atoms with Gasteiger partial charge in [-0.2, -0.15) is 0 Å². The predicted molar refractivity (Wildman–Crippen MR) is 119 cm³/mol. The Morgan fingerprint density at radius 1 is 1.17 bits per heavy atom. The molecule has 0 saturated carbocycles. The zero-order chi connectivity index (χ0) is 21.1. The normalized spacial score (nSPS) is 16.5. The molecule has 156 valence electrons. The second-order valence-corrected chi connectivity index (χ2v) is 8.13. The molecule has 1 N–H and O–H groups in total. The van der Waals surface area contributed by atoms with Crippen LogP contribution in [0.5, 0.6) is 0 Å². The van der Waals surface area contributed by atoms with E-state index in [-0.39, 0.29) is 11.7 Å². The van der Waals surface area contributed by atoms with Gasteiger partial charge in [-0.25, -0.2) is 4.39 Å². The van der Waals surface area contributed by atoms with Crippen molar-refractivity contribution in [3.8, 4) is 0 Å². The van der Waals surface area contributed by atoms with Crippen LogP contribution in [0.2, 0.25) is 0 Å². The number of benzene rings is 2. The second kappa shape index (κ2) is 8.44. The molecule has 3 aromatic rings. The maximum Gasteiger partial charge on any atom is 0.217 e. The number of nitrogens with one attached hydrogen (secondary N) is 1. The molecule has 0 bridgehead atoms. The fourth-order valence-electron chi connectivity index (χ4n) is 4.72. The third kappa shape index (κ3) is 3.90. The smallest absolute Gasteiger partial charge is 0.217 e. The Morgan fingerprint density at radius 3 is 2.57 bits per heavy atom. The van der Waals surface area contributed by atoms with Gasteiger partial charge in [0, 0.05) is 55.8 Å². The Hall–Kier alpha value is -2.92. The van der Waals surface area contributed by atoms with Crippen molar-refractivity contribution in [2.24, 2.45) is 0 Å². The number of carbonyl (C=O) groups is 1. The molecule has 1 aromatic heterocycles. The van der Waals surface area contributed by atoms with Crippen LogP contribution in [0.1, 0.15) is 30.9 Å². The molecule has 5 heteroatoms. The highest BCUT2D eigenvalue weighted by Gasteiger charge is 2.38. The van der Waals surface area contributed by atoms with Crippen LogP contribution in [0.15, 0.2) is 67.4 Å². The molecule has 1 fully saturated rings. The minimum Gasteiger partial charge on any atom is -0.347 e. The molecule has 30 heavy (non-hydrogen) atoms. The summed E-state index contributed by atoms with van der Waals surface area (Å²) in [5.41, 5.74) is 2.43. The Bertz CT molecular complexity index is 1060. The summed E-state index contributed by atoms with van der Waals surface area (Å²) in [5, 5.41) is 4.32. The van der Waals surface area contributed by atoms with Gasteiger partial charge in [-0.3, -0.25) is 9.69 Å². The van der Waals surface area contributed by atoms with Crippen LogP contribution >= 0.6 is 0 Å². The van der Waals surface area contributed by atoms with Crippen molar-refractivity contribution < 1.29 is 9.18 Å². The number of halogens is 1. The van der Waals surface area contributed by atoms with Crippen LogP contribution in [0.3, 0.4) is 0 Å². The maximum atomic E-state index is 14.6. The highest BCUT2D eigenvalue weighted by Crippen LogP contribution is 2.35. The lowest BCUT2D eigenvalue weighted by atomic mass is 9.80. The molecular formula is C25H28FN3O. The summed E-state index contributed by atoms with van der Waals surface area (Å²) in [6, 6.07) is 15.2. The lowest BCUT2D eigenvalue weighted by molar-refractivity contribution is -0.121. The molecule has 1 aliphatic rings. The first kappa shape index (κ1) is 20.4. The van der Waals surface area contributed by atoms with Crippen molar-refractivity contribution in [1.82, 2.24) is 14.8 Å². The number of hydrogen-bond donors (Lipinski definition) is 1. The van der Waals surface area contributed by atoms with E-state index in [0.29, 0.717) is 18.4 Å². The number of allylic oxidation sites excluding steroid dienone is 1. The predicted octanol–water partition coefficient (Wildman–Crippen LogP) is 4.59. The molecule has 4 rings (SSSR count). The number of amides is 1. The standard InChI is InChI=1S/C25H28FN3O/c1-3-14-29-18-20(21-8-4-7-11-24(21)29)17-28-15-12-25(13-16-28,27-19(2)30)22-9-5-6-10-23(22)26/h3-11,18H,1,12-17H2,2H3,(H,27,30). The van der Waals surface area contributed by atoms with E-state index >= 15 is 0 Å². The van der Waals surface area contributed by atoms with Crippen molar-refractivity contribution >= 4 is 16.8 Å². The average molecular weight is 406 g/mol. The van der Waals surface area contributed by atoms with Crippen molar-refractivity contribution in [3.05, 3.63) is 84.3 Å². The summed E-state index contributed by atoms with van der Waals surface area (Å²) in [6.07, 6.45) is 5.48. The van der Waals surface area contributed by atoms with Crippen LogP contribution in [-0.4, -0.2) is 28.5 Å². The van der Waals surface area contributed by atoms with Crippen LogP contribution in [0.25, 0.3) is 10.9 Å². The Morgan fingerprint density at radius 2 is 1.87 bits per heavy atom. The number of nitrogens with zero attached hydrogens (tertiary/aromatic N) is 2. The summed E-state index contributed by atoms with van der Waals surface area (Å²) in [6.45, 7) is 8.55. The molecule has 1 amide bonds. The van der Waals surface area contributed by atoms with E-state index in [4.69, 9.17) is 0 Å². The molecule has 0 spiro atoms. The average Bonchev–Trinajstić information content (AvgIpc) is 3.07. The van der Waals surface area contributed by atoms with Crippen molar-refractivity contribution in [2.75, 3.05) is 13.1 Å². The van der Waals surface area contributed by atoms with Gasteiger partial charge in [-0.05, 0) is 30.5 Å². The lowest BCUT2D eigenvalue weighted by Crippen LogP contribution is -2.52. The Kier molecular flexibility index (Phi) is 5.73. The molecule has 0 radical (unpaired) electrons. The number of rotatable bonds is 6. The quantitative estimate of drug-likeness (QED) is 0.609. The summed E-state index contributed by atoms with van der Waals surface area (Å²) in [5.74, 6) is -0.383. The third-order valence-electron chi connectivity index (χ3n) is 6.11. The van der Waals surface area contributed by atoms with E-state index in [0.717, 1.165) is 26.2 Å². The van der Waals surface area contributed by atoms with Gasteiger partial charge in [-0.1, -0.05) is 42.5 Å². The first-order valence-corrected chi connectivity index (χ1v) is 10.5. The largest absolute Gasteiger partial charge is 0.347 e. The van der Waals surface area contributed by atoms with Crippen LogP contribution < -0.4 is 5.32 Å². The number of likely N-dealkylation sites (tertiary alicyclic amines) is 1. The molecule has 2 aromatic carbocycles. The first-order valence-electron chi connectivity index (χ1n) is 10.5. The fourth-order valence-corrected chi connectivity index (χ4v) is 4.72. The molecular weight excluding hydrogens is 377 g/mol. The van der Waals surface area contributed by atoms with Gasteiger partial charge in [0.25, 0.3) is 0 Å². The third-order valence-corrected chi connectivity index (χ3v) is 6.11. The summed E-state index contributed by atoms with van der Waals surface area (Å²) in [4.78, 5) is 14.3. The zero-order valence-corrected chi connectivity index (χ0v) is 17.4. The first-order chi connectivity index (χ1) is 14.5. The van der Waals surface area contributed by atoms with Gasteiger partial charge in [0.1, 0.15) is 5.82 Å². The summed E-state index contributed by atoms with van der Waals surface area (Å²) in [7, 11) is 0. The van der Waals surface area contributed by atoms with Crippen molar-refractivity contribution in [2.45, 2.75) is 38.4 Å². The Balaban J connectivity index is 1.55. The highest BCUT2D eigenvalue weighted by atomic mass is 19.1. The number of carbonyl (C=O) groups excluding carboxylic acids is 1. The second-order valence-electron chi connectivity index (χ2n) is 8.13. The molecule has 0 atom stereocenters. The summed E-state index contributed by atoms with van der Waals surface area (Å²) < 4.78 is 16.8. The number of hydrogen-bond acceptors (Lipinski definition) is 2. The van der Waals surface area contributed by atoms with Crippen LogP contribution in [0.4, 0.5) is 4.39 Å².